The molecule has 0 heterocycles. The highest BCUT2D eigenvalue weighted by molar-refractivity contribution is 6.76. The van der Waals surface area contributed by atoms with Crippen molar-refractivity contribution in [1.82, 2.24) is 0 Å². The molecule has 13 heavy (non-hydrogen) atoms. The lowest BCUT2D eigenvalue weighted by Crippen LogP contribution is -2.18. The lowest BCUT2D eigenvalue weighted by atomic mass is 10.2. The van der Waals surface area contributed by atoms with Crippen LogP contribution in [0.2, 0.25) is 25.7 Å². The second kappa shape index (κ2) is 5.22. The van der Waals surface area contributed by atoms with Crippen molar-refractivity contribution < 1.29 is 9.90 Å². The van der Waals surface area contributed by atoms with Crippen LogP contribution in [0, 0.1) is 0 Å². The fourth-order valence-electron chi connectivity index (χ4n) is 1.04. The zero-order valence-corrected chi connectivity index (χ0v) is 10.1. The van der Waals surface area contributed by atoms with E-state index >= 15 is 0 Å². The summed E-state index contributed by atoms with van der Waals surface area (Å²) in [6, 6.07) is 1.27. The molecule has 0 aromatic heterocycles. The Labute approximate surface area is 81.7 Å². The molecule has 0 rings (SSSR count). The highest BCUT2D eigenvalue weighted by Crippen LogP contribution is 2.13. The SMILES string of the molecule is CC(=CCCC[Si](C)(C)C)C(=O)O. The normalized spacial score (nSPS) is 13.1. The molecule has 0 bridgehead atoms. The molecular formula is C10H20O2Si. The molecule has 3 heteroatoms. The van der Waals surface area contributed by atoms with E-state index in [-0.39, 0.29) is 0 Å². The third kappa shape index (κ3) is 7.78. The summed E-state index contributed by atoms with van der Waals surface area (Å²) < 4.78 is 0. The molecule has 0 aromatic rings. The van der Waals surface area contributed by atoms with Gasteiger partial charge in [0, 0.05) is 13.6 Å². The van der Waals surface area contributed by atoms with Gasteiger partial charge in [0.15, 0.2) is 0 Å². The van der Waals surface area contributed by atoms with E-state index < -0.39 is 14.0 Å². The van der Waals surface area contributed by atoms with Gasteiger partial charge in [0.2, 0.25) is 0 Å². The Morgan fingerprint density at radius 1 is 1.38 bits per heavy atom. The van der Waals surface area contributed by atoms with Gasteiger partial charge in [0.1, 0.15) is 0 Å². The van der Waals surface area contributed by atoms with E-state index in [2.05, 4.69) is 19.6 Å². The Bertz CT molecular complexity index is 201. The first-order valence-electron chi connectivity index (χ1n) is 4.73. The second-order valence-electron chi connectivity index (χ2n) is 4.65. The van der Waals surface area contributed by atoms with Crippen molar-refractivity contribution >= 4 is 14.0 Å². The van der Waals surface area contributed by atoms with E-state index in [9.17, 15) is 4.79 Å². The molecule has 0 saturated heterocycles. The fourth-order valence-corrected chi connectivity index (χ4v) is 2.30. The molecule has 0 amide bonds. The minimum absolute atomic E-state index is 0.468. The van der Waals surface area contributed by atoms with Gasteiger partial charge in [-0.25, -0.2) is 4.79 Å². The maximum Gasteiger partial charge on any atom is 0.330 e. The molecule has 76 valence electrons. The summed E-state index contributed by atoms with van der Waals surface area (Å²) in [5.41, 5.74) is 0.468. The van der Waals surface area contributed by atoms with Crippen molar-refractivity contribution in [3.8, 4) is 0 Å². The van der Waals surface area contributed by atoms with Crippen LogP contribution in [-0.4, -0.2) is 19.1 Å². The standard InChI is InChI=1S/C10H20O2Si/c1-9(10(11)12)7-5-6-8-13(2,3)4/h7H,5-6,8H2,1-4H3,(H,11,12). The molecule has 0 aliphatic rings. The van der Waals surface area contributed by atoms with Crippen molar-refractivity contribution in [1.29, 1.82) is 0 Å². The number of unbranched alkanes of at least 4 members (excludes halogenated alkanes) is 1. The molecule has 0 saturated carbocycles. The van der Waals surface area contributed by atoms with E-state index in [1.165, 1.54) is 6.04 Å². The van der Waals surface area contributed by atoms with Crippen molar-refractivity contribution in [3.05, 3.63) is 11.6 Å². The van der Waals surface area contributed by atoms with E-state index in [0.717, 1.165) is 12.8 Å². The van der Waals surface area contributed by atoms with Crippen LogP contribution in [0.1, 0.15) is 19.8 Å². The average Bonchev–Trinajstić information content (AvgIpc) is 1.95. The number of hydrogen-bond donors (Lipinski definition) is 1. The molecule has 0 aliphatic heterocycles. The van der Waals surface area contributed by atoms with Gasteiger partial charge in [-0.3, -0.25) is 0 Å². The van der Waals surface area contributed by atoms with Crippen LogP contribution in [0.4, 0.5) is 0 Å². The van der Waals surface area contributed by atoms with Crippen LogP contribution in [0.5, 0.6) is 0 Å². The van der Waals surface area contributed by atoms with Crippen molar-refractivity contribution in [2.75, 3.05) is 0 Å². The first-order valence-corrected chi connectivity index (χ1v) is 8.44. The maximum atomic E-state index is 10.4. The Balaban J connectivity index is 3.68. The van der Waals surface area contributed by atoms with E-state index in [1.807, 2.05) is 6.08 Å². The number of rotatable bonds is 5. The molecule has 0 aromatic carbocycles. The van der Waals surface area contributed by atoms with Crippen LogP contribution >= 0.6 is 0 Å². The molecular weight excluding hydrogens is 180 g/mol. The summed E-state index contributed by atoms with van der Waals surface area (Å²) in [6.45, 7) is 8.65. The topological polar surface area (TPSA) is 37.3 Å². The van der Waals surface area contributed by atoms with Gasteiger partial charge in [-0.05, 0) is 13.3 Å². The van der Waals surface area contributed by atoms with Gasteiger partial charge in [-0.2, -0.15) is 0 Å². The zero-order valence-electron chi connectivity index (χ0n) is 9.05. The zero-order chi connectivity index (χ0) is 10.5. The van der Waals surface area contributed by atoms with Crippen LogP contribution < -0.4 is 0 Å². The first kappa shape index (κ1) is 12.4. The third-order valence-corrected chi connectivity index (χ3v) is 3.77. The van der Waals surface area contributed by atoms with Crippen molar-refractivity contribution in [2.45, 2.75) is 45.5 Å². The van der Waals surface area contributed by atoms with Crippen LogP contribution in [0.3, 0.4) is 0 Å². The van der Waals surface area contributed by atoms with E-state index in [0.29, 0.717) is 5.57 Å². The average molecular weight is 200 g/mol. The third-order valence-electron chi connectivity index (χ3n) is 1.92. The first-order chi connectivity index (χ1) is 5.83. The predicted octanol–water partition coefficient (Wildman–Crippen LogP) is 3.14. The molecule has 0 atom stereocenters. The highest BCUT2D eigenvalue weighted by Gasteiger charge is 2.11. The molecule has 1 N–H and O–H groups in total. The van der Waals surface area contributed by atoms with Gasteiger partial charge in [0.25, 0.3) is 0 Å². The van der Waals surface area contributed by atoms with Gasteiger partial charge < -0.3 is 5.11 Å². The summed E-state index contributed by atoms with van der Waals surface area (Å²) in [5, 5.41) is 8.58. The number of carbonyl (C=O) groups is 1. The quantitative estimate of drug-likeness (QED) is 0.420. The Hall–Kier alpha value is -0.573. The summed E-state index contributed by atoms with van der Waals surface area (Å²) in [7, 11) is -0.933. The van der Waals surface area contributed by atoms with Gasteiger partial charge >= 0.3 is 5.97 Å². The molecule has 0 spiro atoms. The molecule has 0 aliphatic carbocycles. The Morgan fingerprint density at radius 2 is 1.92 bits per heavy atom. The highest BCUT2D eigenvalue weighted by atomic mass is 28.3. The molecule has 2 nitrogen and oxygen atoms in total. The van der Waals surface area contributed by atoms with Crippen molar-refractivity contribution in [3.63, 3.8) is 0 Å². The monoisotopic (exact) mass is 200 g/mol. The maximum absolute atomic E-state index is 10.4. The lowest BCUT2D eigenvalue weighted by Gasteiger charge is -2.14. The summed E-state index contributed by atoms with van der Waals surface area (Å²) in [5.74, 6) is -0.798. The molecule has 0 fully saturated rings. The van der Waals surface area contributed by atoms with Gasteiger partial charge in [-0.15, -0.1) is 0 Å². The number of allylic oxidation sites excluding steroid dienone is 1. The number of aliphatic carboxylic acids is 1. The fraction of sp³-hybridized carbons (Fsp3) is 0.700. The lowest BCUT2D eigenvalue weighted by molar-refractivity contribution is -0.132. The molecule has 0 unspecified atom stereocenters. The number of carboxylic acid groups (broad SMARTS) is 1. The van der Waals surface area contributed by atoms with Crippen LogP contribution in [0.15, 0.2) is 11.6 Å². The van der Waals surface area contributed by atoms with Crippen molar-refractivity contribution in [2.24, 2.45) is 0 Å². The number of carboxylic acids is 1. The molecule has 0 radical (unpaired) electrons. The number of hydrogen-bond acceptors (Lipinski definition) is 1. The van der Waals surface area contributed by atoms with Crippen LogP contribution in [-0.2, 0) is 4.79 Å². The van der Waals surface area contributed by atoms with Gasteiger partial charge in [-0.1, -0.05) is 38.2 Å². The Morgan fingerprint density at radius 3 is 2.31 bits per heavy atom. The predicted molar refractivity (Wildman–Crippen MR) is 58.8 cm³/mol. The van der Waals surface area contributed by atoms with Gasteiger partial charge in [0.05, 0.1) is 0 Å². The largest absolute Gasteiger partial charge is 0.478 e. The smallest absolute Gasteiger partial charge is 0.330 e. The summed E-state index contributed by atoms with van der Waals surface area (Å²) in [6.07, 6.45) is 3.85. The summed E-state index contributed by atoms with van der Waals surface area (Å²) >= 11 is 0. The van der Waals surface area contributed by atoms with Crippen LogP contribution in [0.25, 0.3) is 0 Å². The second-order valence-corrected chi connectivity index (χ2v) is 10.3. The summed E-state index contributed by atoms with van der Waals surface area (Å²) in [4.78, 5) is 10.4. The van der Waals surface area contributed by atoms with E-state index in [4.69, 9.17) is 5.11 Å². The minimum Gasteiger partial charge on any atom is -0.478 e. The van der Waals surface area contributed by atoms with E-state index in [1.54, 1.807) is 6.92 Å². The Kier molecular flexibility index (Phi) is 4.99. The minimum atomic E-state index is -0.933.